The van der Waals surface area contributed by atoms with E-state index in [9.17, 15) is 9.59 Å². The van der Waals surface area contributed by atoms with E-state index in [2.05, 4.69) is 29.6 Å². The first-order valence-corrected chi connectivity index (χ1v) is 9.32. The first-order chi connectivity index (χ1) is 12.6. The molecular weight excluding hydrogens is 324 g/mol. The fourth-order valence-electron chi connectivity index (χ4n) is 4.52. The summed E-state index contributed by atoms with van der Waals surface area (Å²) in [6.45, 7) is 0. The molecule has 2 amide bonds. The molecule has 3 atom stereocenters. The quantitative estimate of drug-likeness (QED) is 0.871. The van der Waals surface area contributed by atoms with Crippen LogP contribution in [-0.2, 0) is 27.8 Å². The van der Waals surface area contributed by atoms with Crippen LogP contribution in [0.5, 0.6) is 0 Å². The summed E-state index contributed by atoms with van der Waals surface area (Å²) in [4.78, 5) is 24.7. The number of hydrogen-bond donors (Lipinski definition) is 2. The van der Waals surface area contributed by atoms with Gasteiger partial charge in [-0.2, -0.15) is 0 Å². The van der Waals surface area contributed by atoms with E-state index in [1.54, 1.807) is 0 Å². The van der Waals surface area contributed by atoms with Crippen LogP contribution in [0.15, 0.2) is 54.6 Å². The lowest BCUT2D eigenvalue weighted by Crippen LogP contribution is -2.47. The first-order valence-electron chi connectivity index (χ1n) is 9.32. The van der Waals surface area contributed by atoms with Gasteiger partial charge in [0.05, 0.1) is 0 Å². The number of aryl methyl sites for hydroxylation is 1. The van der Waals surface area contributed by atoms with Crippen LogP contribution in [0.2, 0.25) is 0 Å². The highest BCUT2D eigenvalue weighted by molar-refractivity contribution is 5.90. The molecule has 1 saturated carbocycles. The van der Waals surface area contributed by atoms with Gasteiger partial charge in [0.15, 0.2) is 0 Å². The van der Waals surface area contributed by atoms with Gasteiger partial charge in [-0.25, -0.2) is 0 Å². The molecule has 4 rings (SSSR count). The van der Waals surface area contributed by atoms with Crippen LogP contribution in [0.4, 0.5) is 0 Å². The zero-order valence-electron chi connectivity index (χ0n) is 14.8. The molecule has 0 aliphatic heterocycles. The molecule has 26 heavy (non-hydrogen) atoms. The first kappa shape index (κ1) is 16.8. The van der Waals surface area contributed by atoms with Crippen molar-refractivity contribution in [1.29, 1.82) is 0 Å². The van der Waals surface area contributed by atoms with E-state index >= 15 is 0 Å². The lowest BCUT2D eigenvalue weighted by atomic mass is 9.78. The van der Waals surface area contributed by atoms with Crippen LogP contribution in [0.1, 0.15) is 36.0 Å². The average Bonchev–Trinajstić information content (AvgIpc) is 3.37. The topological polar surface area (TPSA) is 72.2 Å². The molecule has 4 nitrogen and oxygen atoms in total. The van der Waals surface area contributed by atoms with Crippen molar-refractivity contribution in [2.45, 2.75) is 43.6 Å². The maximum atomic E-state index is 12.9. The van der Waals surface area contributed by atoms with Gasteiger partial charge >= 0.3 is 0 Å². The lowest BCUT2D eigenvalue weighted by Gasteiger charge is -2.26. The van der Waals surface area contributed by atoms with Crippen molar-refractivity contribution in [3.05, 3.63) is 71.3 Å². The van der Waals surface area contributed by atoms with Gasteiger partial charge in [0.25, 0.3) is 0 Å². The van der Waals surface area contributed by atoms with Crippen molar-refractivity contribution in [1.82, 2.24) is 5.32 Å². The van der Waals surface area contributed by atoms with Crippen LogP contribution < -0.4 is 11.1 Å². The zero-order chi connectivity index (χ0) is 18.1. The molecule has 1 spiro atoms. The number of fused-ring (bicyclic) bond motifs is 2. The van der Waals surface area contributed by atoms with Gasteiger partial charge in [-0.15, -0.1) is 0 Å². The molecule has 134 valence electrons. The number of carbonyl (C=O) groups excluding carboxylic acids is 2. The Kier molecular flexibility index (Phi) is 4.27. The molecule has 4 heteroatoms. The number of amides is 2. The number of primary amides is 1. The molecule has 0 saturated heterocycles. The SMILES string of the molecule is NC(=O)C(Cc1ccccc1)NC(=O)C1CC12CCCc1ccccc12. The standard InChI is InChI=1S/C22H24N2O2/c23-20(25)19(13-15-7-2-1-3-8-15)24-21(26)18-14-22(18)12-6-10-16-9-4-5-11-17(16)22/h1-5,7-9,11,18-19H,6,10,12-14H2,(H2,23,25)(H,24,26). The normalized spacial score (nSPS) is 24.5. The fraction of sp³-hybridized carbons (Fsp3) is 0.364. The van der Waals surface area contributed by atoms with E-state index in [0.717, 1.165) is 31.2 Å². The van der Waals surface area contributed by atoms with Crippen molar-refractivity contribution in [2.24, 2.45) is 11.7 Å². The van der Waals surface area contributed by atoms with Gasteiger partial charge in [0.2, 0.25) is 11.8 Å². The van der Waals surface area contributed by atoms with Gasteiger partial charge in [-0.05, 0) is 42.4 Å². The van der Waals surface area contributed by atoms with Crippen LogP contribution in [-0.4, -0.2) is 17.9 Å². The molecule has 2 aliphatic rings. The van der Waals surface area contributed by atoms with E-state index < -0.39 is 11.9 Å². The number of nitrogens with two attached hydrogens (primary N) is 1. The predicted octanol–water partition coefficient (Wildman–Crippen LogP) is 2.49. The van der Waals surface area contributed by atoms with Gasteiger partial charge in [-0.1, -0.05) is 54.6 Å². The number of rotatable bonds is 5. The van der Waals surface area contributed by atoms with E-state index in [-0.39, 0.29) is 17.2 Å². The Bertz CT molecular complexity index is 833. The second-order valence-electron chi connectivity index (χ2n) is 7.58. The molecule has 2 aromatic rings. The molecule has 3 unspecified atom stereocenters. The summed E-state index contributed by atoms with van der Waals surface area (Å²) in [5.74, 6) is -0.580. The highest BCUT2D eigenvalue weighted by Gasteiger charge is 2.60. The Hall–Kier alpha value is -2.62. The van der Waals surface area contributed by atoms with Crippen molar-refractivity contribution in [3.8, 4) is 0 Å². The summed E-state index contributed by atoms with van der Waals surface area (Å²) in [5.41, 5.74) is 9.19. The Morgan fingerprint density at radius 3 is 2.62 bits per heavy atom. The molecule has 0 radical (unpaired) electrons. The Labute approximate surface area is 153 Å². The number of benzene rings is 2. The molecule has 0 heterocycles. The van der Waals surface area contributed by atoms with Crippen molar-refractivity contribution in [2.75, 3.05) is 0 Å². The molecule has 2 aliphatic carbocycles. The average molecular weight is 348 g/mol. The van der Waals surface area contributed by atoms with Crippen molar-refractivity contribution >= 4 is 11.8 Å². The third-order valence-corrected chi connectivity index (χ3v) is 5.96. The summed E-state index contributed by atoms with van der Waals surface area (Å²) in [6, 6.07) is 17.4. The molecule has 0 aromatic heterocycles. The van der Waals surface area contributed by atoms with Gasteiger partial charge in [0, 0.05) is 17.8 Å². The van der Waals surface area contributed by atoms with Crippen LogP contribution in [0.25, 0.3) is 0 Å². The maximum absolute atomic E-state index is 12.9. The third-order valence-electron chi connectivity index (χ3n) is 5.96. The number of carbonyl (C=O) groups is 2. The minimum absolute atomic E-state index is 0.0339. The smallest absolute Gasteiger partial charge is 0.240 e. The zero-order valence-corrected chi connectivity index (χ0v) is 14.8. The Balaban J connectivity index is 1.48. The summed E-state index contributed by atoms with van der Waals surface area (Å²) in [6.07, 6.45) is 4.54. The monoisotopic (exact) mass is 348 g/mol. The predicted molar refractivity (Wildman–Crippen MR) is 100 cm³/mol. The van der Waals surface area contributed by atoms with E-state index in [4.69, 9.17) is 5.73 Å². The van der Waals surface area contributed by atoms with Crippen LogP contribution >= 0.6 is 0 Å². The molecule has 2 aromatic carbocycles. The van der Waals surface area contributed by atoms with E-state index in [0.29, 0.717) is 6.42 Å². The summed E-state index contributed by atoms with van der Waals surface area (Å²) in [7, 11) is 0. The second-order valence-corrected chi connectivity index (χ2v) is 7.58. The van der Waals surface area contributed by atoms with Crippen LogP contribution in [0.3, 0.4) is 0 Å². The summed E-state index contributed by atoms with van der Waals surface area (Å²) < 4.78 is 0. The summed E-state index contributed by atoms with van der Waals surface area (Å²) >= 11 is 0. The maximum Gasteiger partial charge on any atom is 0.240 e. The Morgan fingerprint density at radius 2 is 1.85 bits per heavy atom. The fourth-order valence-corrected chi connectivity index (χ4v) is 4.52. The largest absolute Gasteiger partial charge is 0.368 e. The second kappa shape index (κ2) is 6.60. The molecule has 0 bridgehead atoms. The van der Waals surface area contributed by atoms with Crippen LogP contribution in [0, 0.1) is 5.92 Å². The lowest BCUT2D eigenvalue weighted by molar-refractivity contribution is -0.128. The van der Waals surface area contributed by atoms with E-state index in [1.807, 2.05) is 30.3 Å². The third kappa shape index (κ3) is 3.00. The van der Waals surface area contributed by atoms with Crippen molar-refractivity contribution < 1.29 is 9.59 Å². The van der Waals surface area contributed by atoms with Crippen molar-refractivity contribution in [3.63, 3.8) is 0 Å². The Morgan fingerprint density at radius 1 is 1.12 bits per heavy atom. The highest BCUT2D eigenvalue weighted by Crippen LogP contribution is 2.60. The molecular formula is C22H24N2O2. The minimum atomic E-state index is -0.665. The summed E-state index contributed by atoms with van der Waals surface area (Å²) in [5, 5.41) is 2.92. The van der Waals surface area contributed by atoms with Gasteiger partial charge < -0.3 is 11.1 Å². The number of hydrogen-bond acceptors (Lipinski definition) is 2. The van der Waals surface area contributed by atoms with Gasteiger partial charge in [0.1, 0.15) is 6.04 Å². The molecule has 3 N–H and O–H groups in total. The van der Waals surface area contributed by atoms with Gasteiger partial charge in [-0.3, -0.25) is 9.59 Å². The van der Waals surface area contributed by atoms with E-state index in [1.165, 1.54) is 11.1 Å². The highest BCUT2D eigenvalue weighted by atomic mass is 16.2. The minimum Gasteiger partial charge on any atom is -0.368 e. The molecule has 1 fully saturated rings. The number of nitrogens with one attached hydrogen (secondary N) is 1.